The summed E-state index contributed by atoms with van der Waals surface area (Å²) in [5.41, 5.74) is -0.478. The first-order valence-corrected chi connectivity index (χ1v) is 10.2. The van der Waals surface area contributed by atoms with Crippen LogP contribution in [0, 0.1) is 5.82 Å². The number of carboxylic acids is 1. The summed E-state index contributed by atoms with van der Waals surface area (Å²) < 4.78 is 47.2. The number of piperazine rings is 1. The number of nitrogens with zero attached hydrogens (tertiary/aromatic N) is 3. The van der Waals surface area contributed by atoms with E-state index in [1.165, 1.54) is 12.3 Å². The van der Waals surface area contributed by atoms with Crippen LogP contribution in [0.25, 0.3) is 10.9 Å². The molecule has 0 unspecified atom stereocenters. The fourth-order valence-electron chi connectivity index (χ4n) is 3.40. The normalized spacial score (nSPS) is 15.3. The van der Waals surface area contributed by atoms with Gasteiger partial charge < -0.3 is 14.6 Å². The number of anilines is 1. The van der Waals surface area contributed by atoms with Crippen molar-refractivity contribution in [1.82, 2.24) is 9.47 Å². The van der Waals surface area contributed by atoms with Gasteiger partial charge in [-0.2, -0.15) is 8.42 Å². The molecule has 0 radical (unpaired) electrons. The molecule has 2 heterocycles. The SMILES string of the molecule is CCn1cc(C(=O)O)c(=O)c2cc(F)c(N3CCN(CS(=O)(=O)O)CC3)cc21.[NaH]. The molecule has 0 saturated carbocycles. The van der Waals surface area contributed by atoms with Gasteiger partial charge in [-0.1, -0.05) is 0 Å². The van der Waals surface area contributed by atoms with E-state index in [0.29, 0.717) is 38.2 Å². The Morgan fingerprint density at radius 3 is 2.34 bits per heavy atom. The van der Waals surface area contributed by atoms with Gasteiger partial charge in [-0.3, -0.25) is 14.2 Å². The Kier molecular flexibility index (Phi) is 7.47. The van der Waals surface area contributed by atoms with Crippen LogP contribution in [0.4, 0.5) is 10.1 Å². The van der Waals surface area contributed by atoms with E-state index in [0.717, 1.165) is 6.07 Å². The minimum absolute atomic E-state index is 0. The molecule has 29 heavy (non-hydrogen) atoms. The van der Waals surface area contributed by atoms with Gasteiger partial charge >= 0.3 is 35.5 Å². The van der Waals surface area contributed by atoms with Crippen molar-refractivity contribution in [2.24, 2.45) is 0 Å². The summed E-state index contributed by atoms with van der Waals surface area (Å²) in [5, 5.41) is 9.19. The number of rotatable bonds is 5. The van der Waals surface area contributed by atoms with E-state index in [-0.39, 0.29) is 40.6 Å². The van der Waals surface area contributed by atoms with Crippen LogP contribution < -0.4 is 10.3 Å². The zero-order valence-corrected chi connectivity index (χ0v) is 15.9. The molecule has 0 aliphatic carbocycles. The van der Waals surface area contributed by atoms with E-state index < -0.39 is 38.8 Å². The molecule has 1 aliphatic heterocycles. The average molecular weight is 437 g/mol. The Labute approximate surface area is 188 Å². The van der Waals surface area contributed by atoms with Gasteiger partial charge in [-0.15, -0.1) is 0 Å². The van der Waals surface area contributed by atoms with E-state index in [2.05, 4.69) is 0 Å². The number of fused-ring (bicyclic) bond motifs is 1. The minimum atomic E-state index is -4.12. The molecule has 9 nitrogen and oxygen atoms in total. The number of hydrogen-bond acceptors (Lipinski definition) is 6. The van der Waals surface area contributed by atoms with E-state index >= 15 is 0 Å². The second kappa shape index (κ2) is 9.11. The van der Waals surface area contributed by atoms with Crippen LogP contribution in [0.15, 0.2) is 23.1 Å². The van der Waals surface area contributed by atoms with E-state index in [1.54, 1.807) is 21.3 Å². The van der Waals surface area contributed by atoms with Crippen LogP contribution in [0.1, 0.15) is 17.3 Å². The molecule has 2 aromatic rings. The van der Waals surface area contributed by atoms with Crippen molar-refractivity contribution >= 4 is 62.2 Å². The molecule has 154 valence electrons. The third kappa shape index (κ3) is 5.16. The standard InChI is InChI=1S/C17H20FN3O6S.Na.H/c1-2-20-9-12(17(23)24)16(22)11-7-13(18)15(8-14(11)20)21-5-3-19(4-6-21)10-28(25,26)27;;/h7-9H,2-6,10H2,1H3,(H,23,24)(H,25,26,27);;. The maximum atomic E-state index is 14.7. The van der Waals surface area contributed by atoms with E-state index in [1.807, 2.05) is 0 Å². The molecule has 0 amide bonds. The number of aromatic nitrogens is 1. The number of carbonyl (C=O) groups is 1. The Morgan fingerprint density at radius 1 is 1.21 bits per heavy atom. The monoisotopic (exact) mass is 437 g/mol. The van der Waals surface area contributed by atoms with Gasteiger partial charge in [0.15, 0.2) is 0 Å². The van der Waals surface area contributed by atoms with Gasteiger partial charge in [-0.05, 0) is 19.1 Å². The molecule has 1 saturated heterocycles. The van der Waals surface area contributed by atoms with Crippen LogP contribution in [0.2, 0.25) is 0 Å². The number of benzene rings is 1. The van der Waals surface area contributed by atoms with Crippen molar-refractivity contribution < 1.29 is 27.3 Å². The average Bonchev–Trinajstić information content (AvgIpc) is 2.61. The van der Waals surface area contributed by atoms with Crippen molar-refractivity contribution in [2.45, 2.75) is 13.5 Å². The molecule has 1 fully saturated rings. The van der Waals surface area contributed by atoms with Crippen LogP contribution in [0.3, 0.4) is 0 Å². The summed E-state index contributed by atoms with van der Waals surface area (Å²) in [5.74, 6) is -2.50. The van der Waals surface area contributed by atoms with Crippen LogP contribution in [-0.4, -0.2) is 95.1 Å². The van der Waals surface area contributed by atoms with Gasteiger partial charge in [0, 0.05) is 44.3 Å². The molecular formula is C17H21FN3NaO6S. The molecule has 0 atom stereocenters. The molecular weight excluding hydrogens is 416 g/mol. The summed E-state index contributed by atoms with van der Waals surface area (Å²) in [4.78, 5) is 26.9. The quantitative estimate of drug-likeness (QED) is 0.502. The number of halogens is 1. The van der Waals surface area contributed by atoms with Gasteiger partial charge in [0.2, 0.25) is 5.43 Å². The Morgan fingerprint density at radius 2 is 1.83 bits per heavy atom. The summed E-state index contributed by atoms with van der Waals surface area (Å²) in [6.07, 6.45) is 1.25. The molecule has 0 bridgehead atoms. The van der Waals surface area contributed by atoms with Gasteiger partial charge in [0.05, 0.1) is 11.2 Å². The third-order valence-electron chi connectivity index (χ3n) is 4.78. The topological polar surface area (TPSA) is 120 Å². The fraction of sp³-hybridized carbons (Fsp3) is 0.412. The first-order valence-electron chi connectivity index (χ1n) is 8.63. The number of aryl methyl sites for hydroxylation is 1. The fourth-order valence-corrected chi connectivity index (χ4v) is 4.12. The summed E-state index contributed by atoms with van der Waals surface area (Å²) in [7, 11) is -4.12. The van der Waals surface area contributed by atoms with Crippen LogP contribution >= 0.6 is 0 Å². The predicted molar refractivity (Wildman–Crippen MR) is 108 cm³/mol. The van der Waals surface area contributed by atoms with Crippen molar-refractivity contribution in [1.29, 1.82) is 0 Å². The summed E-state index contributed by atoms with van der Waals surface area (Å²) >= 11 is 0. The first-order chi connectivity index (χ1) is 13.1. The van der Waals surface area contributed by atoms with Crippen LogP contribution in [-0.2, 0) is 16.7 Å². The Hall–Kier alpha value is -1.50. The molecule has 3 rings (SSSR count). The van der Waals surface area contributed by atoms with Gasteiger partial charge in [0.25, 0.3) is 10.1 Å². The van der Waals surface area contributed by atoms with Crippen LogP contribution in [0.5, 0.6) is 0 Å². The Bertz CT molecular complexity index is 1100. The molecule has 1 aromatic carbocycles. The molecule has 1 aromatic heterocycles. The molecule has 12 heteroatoms. The molecule has 2 N–H and O–H groups in total. The second-order valence-corrected chi connectivity index (χ2v) is 8.02. The van der Waals surface area contributed by atoms with Crippen molar-refractivity contribution in [3.05, 3.63) is 39.9 Å². The van der Waals surface area contributed by atoms with Crippen molar-refractivity contribution in [3.8, 4) is 0 Å². The van der Waals surface area contributed by atoms with Crippen molar-refractivity contribution in [2.75, 3.05) is 37.0 Å². The number of hydrogen-bond donors (Lipinski definition) is 2. The first kappa shape index (κ1) is 23.8. The molecule has 1 aliphatic rings. The number of aromatic carboxylic acids is 1. The second-order valence-electron chi connectivity index (χ2n) is 6.60. The van der Waals surface area contributed by atoms with Crippen molar-refractivity contribution in [3.63, 3.8) is 0 Å². The van der Waals surface area contributed by atoms with E-state index in [9.17, 15) is 27.5 Å². The zero-order chi connectivity index (χ0) is 20.6. The predicted octanol–water partition coefficient (Wildman–Crippen LogP) is 0.178. The summed E-state index contributed by atoms with van der Waals surface area (Å²) in [6, 6.07) is 2.57. The Balaban J connectivity index is 0.00000300. The number of pyridine rings is 1. The number of carboxylic acid groups (broad SMARTS) is 1. The van der Waals surface area contributed by atoms with E-state index in [4.69, 9.17) is 4.55 Å². The summed E-state index contributed by atoms with van der Waals surface area (Å²) in [6.45, 7) is 3.48. The molecule has 0 spiro atoms. The van der Waals surface area contributed by atoms with Gasteiger partial charge in [-0.25, -0.2) is 9.18 Å². The maximum absolute atomic E-state index is 14.7. The zero-order valence-electron chi connectivity index (χ0n) is 15.1. The van der Waals surface area contributed by atoms with Gasteiger partial charge in [0.1, 0.15) is 17.3 Å². The third-order valence-corrected chi connectivity index (χ3v) is 5.47.